The molecule has 1 aromatic carbocycles. The summed E-state index contributed by atoms with van der Waals surface area (Å²) in [6, 6.07) is 2.92. The lowest BCUT2D eigenvalue weighted by atomic mass is 9.43. The number of carboxylic acid groups (broad SMARTS) is 1. The van der Waals surface area contributed by atoms with Gasteiger partial charge in [0.1, 0.15) is 23.3 Å². The first kappa shape index (κ1) is 68.6. The molecule has 4 amide bonds. The van der Waals surface area contributed by atoms with Gasteiger partial charge in [0.15, 0.2) is 5.52 Å². The standard InChI is InChI=1S/C62H102N8O15/c1-40(20-16-32-69(39-51(72)73)50(71)21-14-13-15-28-63-46-24-25-47(70(77)78)54-53(46)67-85-68-54)43-22-23-44-52-45(38-49(62(43,44)12)81-35-19-31-66-57(76)84-60(8,9)10)61(11)27-26-42(79-33-17-29-64-55(74)82-58(2,3)4)36-41(61)37-48(52)80-34-18-30-65-56(75)83-59(5,6)7/h24-25,40-45,48-49,52,63H,13-23,26-39H2,1-12H3,(H,64,74)(H,65,75)(H,66,76)(H,72,73)/t40-,41?,42-,43-,44?,45?,48-,49+,52?,61+,62-/m1/s1. The number of nitro groups is 1. The van der Waals surface area contributed by atoms with Crippen molar-refractivity contribution in [1.29, 1.82) is 0 Å². The van der Waals surface area contributed by atoms with Crippen molar-refractivity contribution in [3.63, 3.8) is 0 Å². The Morgan fingerprint density at radius 2 is 1.32 bits per heavy atom. The number of non-ortho nitro benzene ring substituents is 1. The molecule has 85 heavy (non-hydrogen) atoms. The Balaban J connectivity index is 1.13. The van der Waals surface area contributed by atoms with E-state index >= 15 is 0 Å². The lowest BCUT2D eigenvalue weighted by Gasteiger charge is -2.65. The monoisotopic (exact) mass is 1200 g/mol. The van der Waals surface area contributed by atoms with E-state index in [-0.39, 0.29) is 94.3 Å². The van der Waals surface area contributed by atoms with Crippen molar-refractivity contribution >= 4 is 52.6 Å². The van der Waals surface area contributed by atoms with Crippen LogP contribution < -0.4 is 21.3 Å². The summed E-state index contributed by atoms with van der Waals surface area (Å²) in [5.41, 5.74) is -1.38. The second-order valence-electron chi connectivity index (χ2n) is 27.8. The van der Waals surface area contributed by atoms with Crippen LogP contribution in [0.2, 0.25) is 0 Å². The van der Waals surface area contributed by atoms with Crippen LogP contribution in [-0.4, -0.2) is 150 Å². The average molecular weight is 1200 g/mol. The first-order chi connectivity index (χ1) is 40.0. The molecule has 2 aromatic rings. The molecule has 1 heterocycles. The smallest absolute Gasteiger partial charge is 0.407 e. The molecule has 1 aromatic heterocycles. The van der Waals surface area contributed by atoms with Gasteiger partial charge in [-0.3, -0.25) is 19.7 Å². The van der Waals surface area contributed by atoms with Crippen LogP contribution in [0.1, 0.15) is 186 Å². The number of carboxylic acids is 1. The number of benzene rings is 1. The highest BCUT2D eigenvalue weighted by molar-refractivity contribution is 5.93. The van der Waals surface area contributed by atoms with Gasteiger partial charge in [-0.2, -0.15) is 0 Å². The molecule has 5 N–H and O–H groups in total. The van der Waals surface area contributed by atoms with Crippen LogP contribution in [0, 0.1) is 56.5 Å². The maximum Gasteiger partial charge on any atom is 0.407 e. The van der Waals surface area contributed by atoms with Gasteiger partial charge in [-0.05, 0) is 210 Å². The van der Waals surface area contributed by atoms with E-state index in [1.807, 2.05) is 62.3 Å². The topological polar surface area (TPSA) is 294 Å². The van der Waals surface area contributed by atoms with Gasteiger partial charge in [0, 0.05) is 70.4 Å². The number of hydrogen-bond acceptors (Lipinski definition) is 17. The summed E-state index contributed by atoms with van der Waals surface area (Å²) in [5, 5.41) is 40.8. The molecule has 4 saturated carbocycles. The summed E-state index contributed by atoms with van der Waals surface area (Å²) in [6.07, 6.45) is 10.7. The average Bonchev–Trinajstić information content (AvgIpc) is 1.76. The Kier molecular flexibility index (Phi) is 24.5. The molecule has 0 radical (unpaired) electrons. The molecule has 0 saturated heterocycles. The third-order valence-corrected chi connectivity index (χ3v) is 18.2. The zero-order valence-corrected chi connectivity index (χ0v) is 53.0. The molecule has 4 aliphatic rings. The van der Waals surface area contributed by atoms with Crippen molar-refractivity contribution in [3.05, 3.63) is 22.2 Å². The fourth-order valence-electron chi connectivity index (χ4n) is 14.4. The van der Waals surface area contributed by atoms with Gasteiger partial charge < -0.3 is 59.7 Å². The van der Waals surface area contributed by atoms with Crippen LogP contribution in [0.4, 0.5) is 25.8 Å². The van der Waals surface area contributed by atoms with Crippen molar-refractivity contribution in [1.82, 2.24) is 31.2 Å². The minimum atomic E-state index is -1.06. The summed E-state index contributed by atoms with van der Waals surface area (Å²) in [5.74, 6) is 0.365. The van der Waals surface area contributed by atoms with Crippen LogP contribution in [0.3, 0.4) is 0 Å². The Morgan fingerprint density at radius 1 is 0.729 bits per heavy atom. The summed E-state index contributed by atoms with van der Waals surface area (Å²) in [4.78, 5) is 75.7. The fourth-order valence-corrected chi connectivity index (χ4v) is 14.4. The van der Waals surface area contributed by atoms with Gasteiger partial charge in [0.05, 0.1) is 28.9 Å². The Morgan fingerprint density at radius 3 is 1.91 bits per heavy atom. The molecule has 4 fully saturated rings. The SMILES string of the molecule is C[C@H](CCCN(CC(=O)O)C(=O)CCCCCNc1ccc([N+](=O)[O-])c2nonc12)[C@H]1CCC2C3C(C[C@H](OCCCNC(=O)OC(C)(C)C)[C@@]21C)[C@@]1(C)CC[C@@H](OCCCNC(=O)OC(C)(C)C)CC1C[C@H]3OCCCNC(=O)OC(C)(C)C. The zero-order valence-electron chi connectivity index (χ0n) is 53.0. The number of carbonyl (C=O) groups is 5. The number of aliphatic carboxylic acids is 1. The number of unbranched alkanes of at least 4 members (excludes halogenated alkanes) is 2. The minimum absolute atomic E-state index is 0.0125. The molecule has 0 aliphatic heterocycles. The van der Waals surface area contributed by atoms with Gasteiger partial charge in [-0.1, -0.05) is 27.2 Å². The summed E-state index contributed by atoms with van der Waals surface area (Å²) >= 11 is 0. The van der Waals surface area contributed by atoms with Crippen molar-refractivity contribution in [2.24, 2.45) is 46.3 Å². The van der Waals surface area contributed by atoms with Crippen molar-refractivity contribution < 1.29 is 67.1 Å². The van der Waals surface area contributed by atoms with Crippen LogP contribution in [0.25, 0.3) is 11.0 Å². The first-order valence-corrected chi connectivity index (χ1v) is 31.4. The van der Waals surface area contributed by atoms with Gasteiger partial charge >= 0.3 is 29.9 Å². The number of hydrogen-bond donors (Lipinski definition) is 5. The van der Waals surface area contributed by atoms with E-state index in [0.717, 1.165) is 51.4 Å². The number of ether oxygens (including phenoxy) is 6. The number of carbonyl (C=O) groups excluding carboxylic acids is 4. The summed E-state index contributed by atoms with van der Waals surface area (Å²) in [7, 11) is 0. The lowest BCUT2D eigenvalue weighted by molar-refractivity contribution is -0.383. The molecule has 0 bridgehead atoms. The van der Waals surface area contributed by atoms with Crippen molar-refractivity contribution in [2.75, 3.05) is 64.4 Å². The first-order valence-electron chi connectivity index (χ1n) is 31.4. The summed E-state index contributed by atoms with van der Waals surface area (Å²) < 4.78 is 42.1. The highest BCUT2D eigenvalue weighted by atomic mass is 16.6. The lowest BCUT2D eigenvalue weighted by Crippen LogP contribution is -2.63. The fraction of sp³-hybridized carbons (Fsp3) is 0.823. The van der Waals surface area contributed by atoms with E-state index in [1.165, 1.54) is 11.0 Å². The van der Waals surface area contributed by atoms with E-state index in [0.29, 0.717) is 109 Å². The third-order valence-electron chi connectivity index (χ3n) is 18.2. The number of fused-ring (bicyclic) bond motifs is 6. The minimum Gasteiger partial charge on any atom is -0.480 e. The molecule has 23 nitrogen and oxygen atoms in total. The van der Waals surface area contributed by atoms with Crippen molar-refractivity contribution in [3.8, 4) is 0 Å². The molecule has 4 unspecified atom stereocenters. The van der Waals surface area contributed by atoms with Gasteiger partial charge in [-0.25, -0.2) is 19.0 Å². The van der Waals surface area contributed by atoms with Crippen molar-refractivity contribution in [2.45, 2.75) is 221 Å². The largest absolute Gasteiger partial charge is 0.480 e. The number of amides is 4. The zero-order chi connectivity index (χ0) is 62.3. The second-order valence-corrected chi connectivity index (χ2v) is 27.8. The van der Waals surface area contributed by atoms with Crippen LogP contribution >= 0.6 is 0 Å². The van der Waals surface area contributed by atoms with E-state index in [9.17, 15) is 39.2 Å². The van der Waals surface area contributed by atoms with E-state index in [1.54, 1.807) is 6.07 Å². The molecular weight excluding hydrogens is 1100 g/mol. The number of nitro benzene ring substituents is 1. The highest BCUT2D eigenvalue weighted by Gasteiger charge is 2.66. The number of anilines is 1. The Hall–Kier alpha value is -5.55. The van der Waals surface area contributed by atoms with Gasteiger partial charge in [0.2, 0.25) is 11.4 Å². The highest BCUT2D eigenvalue weighted by Crippen LogP contribution is 2.69. The predicted octanol–water partition coefficient (Wildman–Crippen LogP) is 11.2. The van der Waals surface area contributed by atoms with E-state index < -0.39 is 46.0 Å². The molecule has 480 valence electrons. The predicted molar refractivity (Wildman–Crippen MR) is 320 cm³/mol. The Bertz CT molecular complexity index is 2530. The summed E-state index contributed by atoms with van der Waals surface area (Å²) in [6.45, 7) is 27.0. The number of alkyl carbamates (subject to hydrolysis) is 3. The maximum atomic E-state index is 13.7. The second kappa shape index (κ2) is 30.4. The van der Waals surface area contributed by atoms with Crippen LogP contribution in [0.5, 0.6) is 0 Å². The van der Waals surface area contributed by atoms with E-state index in [2.05, 4.69) is 52.4 Å². The number of nitrogens with one attached hydrogen (secondary N) is 4. The molecule has 0 spiro atoms. The van der Waals surface area contributed by atoms with E-state index in [4.69, 9.17) is 33.1 Å². The number of nitrogens with zero attached hydrogens (tertiary/aromatic N) is 4. The van der Waals surface area contributed by atoms with Crippen LogP contribution in [0.15, 0.2) is 16.8 Å². The molecular formula is C62H102N8O15. The normalized spacial score (nSPS) is 26.0. The molecule has 11 atom stereocenters. The Labute approximate surface area is 503 Å². The van der Waals surface area contributed by atoms with Gasteiger partial charge in [0.25, 0.3) is 0 Å². The molecule has 6 rings (SSSR count). The van der Waals surface area contributed by atoms with Crippen LogP contribution in [-0.2, 0) is 38.0 Å². The maximum absolute atomic E-state index is 13.7. The van der Waals surface area contributed by atoms with Gasteiger partial charge in [-0.15, -0.1) is 0 Å². The molecule has 4 aliphatic carbocycles. The quantitative estimate of drug-likeness (QED) is 0.0210. The molecule has 23 heteroatoms. The number of aromatic nitrogens is 2. The third kappa shape index (κ3) is 19.7. The number of rotatable bonds is 30.